The highest BCUT2D eigenvalue weighted by molar-refractivity contribution is 9.10. The molecule has 0 aromatic carbocycles. The van der Waals surface area contributed by atoms with Gasteiger partial charge in [-0.1, -0.05) is 13.8 Å². The number of aromatic amines is 2. The van der Waals surface area contributed by atoms with Crippen molar-refractivity contribution in [2.45, 2.75) is 13.8 Å². The summed E-state index contributed by atoms with van der Waals surface area (Å²) in [5.74, 6) is -0.316. The number of anilines is 1. The molecule has 0 bridgehead atoms. The fourth-order valence-electron chi connectivity index (χ4n) is 1.20. The van der Waals surface area contributed by atoms with Crippen LogP contribution < -0.4 is 10.9 Å². The number of aromatic nitrogens is 4. The van der Waals surface area contributed by atoms with Crippen LogP contribution in [0.5, 0.6) is 0 Å². The number of nitrogens with one attached hydrogen (secondary N) is 3. The Bertz CT molecular complexity index is 630. The van der Waals surface area contributed by atoms with Crippen LogP contribution in [0.1, 0.15) is 13.8 Å². The number of carbonyl (C=O) groups is 1. The molecule has 0 radical (unpaired) electrons. The van der Waals surface area contributed by atoms with E-state index in [1.165, 1.54) is 0 Å². The summed E-state index contributed by atoms with van der Waals surface area (Å²) in [5.41, 5.74) is 0.131. The highest BCUT2D eigenvalue weighted by Crippen LogP contribution is 2.10. The number of hydrogen-bond donors (Lipinski definition) is 3. The summed E-state index contributed by atoms with van der Waals surface area (Å²) >= 11 is 3.11. The van der Waals surface area contributed by atoms with Crippen molar-refractivity contribution < 1.29 is 4.79 Å². The molecule has 2 aromatic rings. The predicted octanol–water partition coefficient (Wildman–Crippen LogP) is 1.00. The van der Waals surface area contributed by atoms with E-state index in [0.717, 1.165) is 0 Å². The third-order valence-corrected chi connectivity index (χ3v) is 2.47. The van der Waals surface area contributed by atoms with Crippen molar-refractivity contribution in [3.63, 3.8) is 0 Å². The number of carbonyl (C=O) groups excluding carboxylic acids is 1. The highest BCUT2D eigenvalue weighted by Gasteiger charge is 2.12. The van der Waals surface area contributed by atoms with Crippen LogP contribution in [0.2, 0.25) is 0 Å². The Morgan fingerprint density at radius 2 is 2.06 bits per heavy atom. The van der Waals surface area contributed by atoms with E-state index in [2.05, 4.69) is 41.2 Å². The Labute approximate surface area is 104 Å². The van der Waals surface area contributed by atoms with Crippen molar-refractivity contribution in [2.24, 2.45) is 5.92 Å². The molecule has 1 amide bonds. The normalized spacial score (nSPS) is 11.1. The van der Waals surface area contributed by atoms with Crippen LogP contribution in [0.3, 0.4) is 0 Å². The lowest BCUT2D eigenvalue weighted by molar-refractivity contribution is -0.118. The minimum atomic E-state index is -0.382. The van der Waals surface area contributed by atoms with Gasteiger partial charge < -0.3 is 4.98 Å². The fraction of sp³-hybridized carbons (Fsp3) is 0.333. The Morgan fingerprint density at radius 1 is 1.35 bits per heavy atom. The van der Waals surface area contributed by atoms with Crippen molar-refractivity contribution >= 4 is 38.9 Å². The number of amides is 1. The lowest BCUT2D eigenvalue weighted by Crippen LogP contribution is -2.22. The molecule has 7 nitrogen and oxygen atoms in total. The summed E-state index contributed by atoms with van der Waals surface area (Å²) in [6, 6.07) is 0. The molecule has 90 valence electrons. The van der Waals surface area contributed by atoms with Crippen molar-refractivity contribution in [1.29, 1.82) is 0 Å². The summed E-state index contributed by atoms with van der Waals surface area (Å²) in [5, 5.41) is 2.51. The number of nitrogens with zero attached hydrogens (tertiary/aromatic N) is 2. The fourth-order valence-corrected chi connectivity index (χ4v) is 1.57. The standard InChI is InChI=1S/C9H10BrN5O2/c1-3(2)6(16)14-9-13-5-4(7(17)15-9)11-8(10)12-5/h3H,1-2H3,(H3,11,12,13,14,15,16,17). The zero-order valence-corrected chi connectivity index (χ0v) is 10.8. The predicted molar refractivity (Wildman–Crippen MR) is 65.7 cm³/mol. The largest absolute Gasteiger partial charge is 0.327 e. The molecular formula is C9H10BrN5O2. The van der Waals surface area contributed by atoms with Crippen molar-refractivity contribution in [3.8, 4) is 0 Å². The van der Waals surface area contributed by atoms with Crippen LogP contribution >= 0.6 is 15.9 Å². The second-order valence-electron chi connectivity index (χ2n) is 3.78. The van der Waals surface area contributed by atoms with Gasteiger partial charge in [0.25, 0.3) is 5.56 Å². The minimum Gasteiger partial charge on any atom is -0.327 e. The number of fused-ring (bicyclic) bond motifs is 1. The summed E-state index contributed by atoms with van der Waals surface area (Å²) in [6.45, 7) is 3.49. The topological polar surface area (TPSA) is 104 Å². The summed E-state index contributed by atoms with van der Waals surface area (Å²) in [4.78, 5) is 36.2. The maximum Gasteiger partial charge on any atom is 0.278 e. The molecule has 0 fully saturated rings. The third-order valence-electron chi connectivity index (χ3n) is 2.10. The molecule has 0 aliphatic carbocycles. The van der Waals surface area contributed by atoms with E-state index in [0.29, 0.717) is 4.73 Å². The maximum atomic E-state index is 11.6. The molecule has 2 aromatic heterocycles. The van der Waals surface area contributed by atoms with Crippen molar-refractivity contribution in [2.75, 3.05) is 5.32 Å². The molecule has 0 saturated heterocycles. The van der Waals surface area contributed by atoms with Gasteiger partial charge in [0.05, 0.1) is 0 Å². The SMILES string of the molecule is CC(C)C(=O)Nc1nc2nc(Br)[nH]c2c(=O)[nH]1. The average molecular weight is 300 g/mol. The Hall–Kier alpha value is -1.70. The zero-order valence-electron chi connectivity index (χ0n) is 9.17. The van der Waals surface area contributed by atoms with Gasteiger partial charge >= 0.3 is 0 Å². The molecule has 0 aliphatic rings. The molecule has 2 rings (SSSR count). The minimum absolute atomic E-state index is 0.0974. The molecule has 3 N–H and O–H groups in total. The first-order valence-corrected chi connectivity index (χ1v) is 5.73. The molecule has 0 saturated carbocycles. The van der Waals surface area contributed by atoms with E-state index < -0.39 is 0 Å². The molecule has 2 heterocycles. The van der Waals surface area contributed by atoms with E-state index in [-0.39, 0.29) is 34.5 Å². The van der Waals surface area contributed by atoms with E-state index >= 15 is 0 Å². The van der Waals surface area contributed by atoms with Crippen molar-refractivity contribution in [1.82, 2.24) is 19.9 Å². The van der Waals surface area contributed by atoms with E-state index in [1.807, 2.05) is 0 Å². The summed E-state index contributed by atoms with van der Waals surface area (Å²) in [7, 11) is 0. The average Bonchev–Trinajstić information content (AvgIpc) is 2.59. The molecule has 0 atom stereocenters. The van der Waals surface area contributed by atoms with Crippen LogP contribution in [-0.4, -0.2) is 25.8 Å². The lowest BCUT2D eigenvalue weighted by atomic mass is 10.2. The van der Waals surface area contributed by atoms with Crippen LogP contribution in [0.15, 0.2) is 9.53 Å². The van der Waals surface area contributed by atoms with E-state index in [1.54, 1.807) is 13.8 Å². The summed E-state index contributed by atoms with van der Waals surface area (Å²) < 4.78 is 0.415. The second kappa shape index (κ2) is 4.28. The van der Waals surface area contributed by atoms with Crippen LogP contribution in [0.4, 0.5) is 5.95 Å². The lowest BCUT2D eigenvalue weighted by Gasteiger charge is -2.05. The number of imidazole rings is 1. The van der Waals surface area contributed by atoms with Crippen molar-refractivity contribution in [3.05, 3.63) is 15.1 Å². The van der Waals surface area contributed by atoms with Gasteiger partial charge in [-0.3, -0.25) is 19.9 Å². The van der Waals surface area contributed by atoms with Crippen LogP contribution in [0, 0.1) is 5.92 Å². The van der Waals surface area contributed by atoms with E-state index in [9.17, 15) is 9.59 Å². The van der Waals surface area contributed by atoms with Gasteiger partial charge in [-0.15, -0.1) is 0 Å². The highest BCUT2D eigenvalue weighted by atomic mass is 79.9. The number of H-pyrrole nitrogens is 2. The zero-order chi connectivity index (χ0) is 12.6. The quantitative estimate of drug-likeness (QED) is 0.720. The van der Waals surface area contributed by atoms with Crippen LogP contribution in [0.25, 0.3) is 11.2 Å². The van der Waals surface area contributed by atoms with Gasteiger partial charge in [-0.05, 0) is 15.9 Å². The first kappa shape index (κ1) is 11.8. The van der Waals surface area contributed by atoms with Gasteiger partial charge in [0, 0.05) is 5.92 Å². The molecule has 8 heteroatoms. The summed E-state index contributed by atoms with van der Waals surface area (Å²) in [6.07, 6.45) is 0. The smallest absolute Gasteiger partial charge is 0.278 e. The first-order valence-electron chi connectivity index (χ1n) is 4.94. The molecule has 0 spiro atoms. The third kappa shape index (κ3) is 2.36. The Morgan fingerprint density at radius 3 is 2.71 bits per heavy atom. The second-order valence-corrected chi connectivity index (χ2v) is 4.54. The monoisotopic (exact) mass is 299 g/mol. The molecular weight excluding hydrogens is 290 g/mol. The van der Waals surface area contributed by atoms with Gasteiger partial charge in [0.1, 0.15) is 0 Å². The maximum absolute atomic E-state index is 11.6. The Kier molecular flexibility index (Phi) is 2.97. The Balaban J connectivity index is 2.43. The first-order chi connectivity index (χ1) is 7.97. The van der Waals surface area contributed by atoms with Gasteiger partial charge in [-0.25, -0.2) is 4.98 Å². The molecule has 0 unspecified atom stereocenters. The van der Waals surface area contributed by atoms with Gasteiger partial charge in [0.15, 0.2) is 15.9 Å². The molecule has 0 aliphatic heterocycles. The number of rotatable bonds is 2. The van der Waals surface area contributed by atoms with E-state index in [4.69, 9.17) is 0 Å². The van der Waals surface area contributed by atoms with Gasteiger partial charge in [0.2, 0.25) is 11.9 Å². The number of hydrogen-bond acceptors (Lipinski definition) is 4. The van der Waals surface area contributed by atoms with Gasteiger partial charge in [-0.2, -0.15) is 4.98 Å². The molecule has 17 heavy (non-hydrogen) atoms. The van der Waals surface area contributed by atoms with Crippen LogP contribution in [-0.2, 0) is 4.79 Å². The number of halogens is 1.